The molecule has 0 atom stereocenters. The van der Waals surface area contributed by atoms with Gasteiger partial charge in [0.1, 0.15) is 11.7 Å². The van der Waals surface area contributed by atoms with E-state index in [9.17, 15) is 0 Å². The van der Waals surface area contributed by atoms with Crippen LogP contribution in [0.2, 0.25) is 5.02 Å². The highest BCUT2D eigenvalue weighted by Crippen LogP contribution is 2.25. The van der Waals surface area contributed by atoms with Gasteiger partial charge in [0.15, 0.2) is 0 Å². The predicted octanol–water partition coefficient (Wildman–Crippen LogP) is 1.88. The van der Waals surface area contributed by atoms with Gasteiger partial charge in [-0.3, -0.25) is 5.41 Å². The van der Waals surface area contributed by atoms with Gasteiger partial charge in [0.2, 0.25) is 0 Å². The molecule has 5 nitrogen and oxygen atoms in total. The maximum Gasteiger partial charge on any atom is 0.147 e. The highest BCUT2D eigenvalue weighted by molar-refractivity contribution is 6.36. The van der Waals surface area contributed by atoms with Crippen LogP contribution in [-0.4, -0.2) is 37.1 Å². The van der Waals surface area contributed by atoms with Crippen molar-refractivity contribution in [1.29, 1.82) is 5.41 Å². The largest absolute Gasteiger partial charge is 0.384 e. The Labute approximate surface area is 112 Å². The third-order valence-electron chi connectivity index (χ3n) is 2.40. The zero-order valence-electron chi connectivity index (χ0n) is 10.9. The molecule has 100 valence electrons. The zero-order chi connectivity index (χ0) is 13.7. The molecule has 1 aromatic rings. The number of rotatable bonds is 6. The van der Waals surface area contributed by atoms with Crippen LogP contribution in [0, 0.1) is 5.41 Å². The molecule has 0 saturated heterocycles. The van der Waals surface area contributed by atoms with Crippen molar-refractivity contribution in [3.05, 3.63) is 22.8 Å². The molecule has 0 radical (unpaired) electrons. The molecule has 1 heterocycles. The van der Waals surface area contributed by atoms with Crippen LogP contribution >= 0.6 is 11.6 Å². The lowest BCUT2D eigenvalue weighted by Crippen LogP contribution is -2.25. The molecule has 0 fully saturated rings. The van der Waals surface area contributed by atoms with Crippen molar-refractivity contribution in [3.63, 3.8) is 0 Å². The lowest BCUT2D eigenvalue weighted by molar-refractivity contribution is 0.0845. The quantitative estimate of drug-likeness (QED) is 0.611. The Morgan fingerprint density at radius 2 is 2.28 bits per heavy atom. The molecule has 0 amide bonds. The molecule has 1 rings (SSSR count). The Morgan fingerprint density at radius 1 is 1.61 bits per heavy atom. The zero-order valence-corrected chi connectivity index (χ0v) is 11.7. The van der Waals surface area contributed by atoms with E-state index in [-0.39, 0.29) is 11.9 Å². The van der Waals surface area contributed by atoms with E-state index in [1.54, 1.807) is 12.3 Å². The number of halogens is 1. The lowest BCUT2D eigenvalue weighted by atomic mass is 10.2. The number of nitrogens with one attached hydrogen (secondary N) is 1. The fourth-order valence-corrected chi connectivity index (χ4v) is 1.80. The molecule has 0 unspecified atom stereocenters. The predicted molar refractivity (Wildman–Crippen MR) is 74.6 cm³/mol. The minimum absolute atomic E-state index is 0.0597. The molecule has 0 aliphatic heterocycles. The summed E-state index contributed by atoms with van der Waals surface area (Å²) in [6.45, 7) is 5.24. The third-order valence-corrected chi connectivity index (χ3v) is 2.77. The molecule has 0 aliphatic carbocycles. The van der Waals surface area contributed by atoms with E-state index < -0.39 is 0 Å². The Kier molecular flexibility index (Phi) is 5.37. The van der Waals surface area contributed by atoms with E-state index >= 15 is 0 Å². The number of aromatic nitrogens is 1. The van der Waals surface area contributed by atoms with E-state index in [4.69, 9.17) is 27.5 Å². The lowest BCUT2D eigenvalue weighted by Gasteiger charge is -2.20. The average Bonchev–Trinajstić information content (AvgIpc) is 2.28. The van der Waals surface area contributed by atoms with E-state index in [1.165, 1.54) is 0 Å². The van der Waals surface area contributed by atoms with Crippen LogP contribution in [0.3, 0.4) is 0 Å². The molecule has 0 aliphatic rings. The van der Waals surface area contributed by atoms with Crippen LogP contribution in [0.4, 0.5) is 5.82 Å². The molecule has 18 heavy (non-hydrogen) atoms. The second-order valence-corrected chi connectivity index (χ2v) is 4.63. The van der Waals surface area contributed by atoms with Crippen LogP contribution in [0.15, 0.2) is 12.3 Å². The van der Waals surface area contributed by atoms with E-state index in [1.807, 2.05) is 25.8 Å². The third kappa shape index (κ3) is 3.85. The second-order valence-electron chi connectivity index (χ2n) is 4.25. The molecular weight excluding hydrogens is 252 g/mol. The molecule has 0 spiro atoms. The second kappa shape index (κ2) is 6.56. The van der Waals surface area contributed by atoms with Gasteiger partial charge in [0, 0.05) is 25.4 Å². The molecule has 1 aromatic heterocycles. The van der Waals surface area contributed by atoms with Gasteiger partial charge in [-0.1, -0.05) is 11.6 Å². The summed E-state index contributed by atoms with van der Waals surface area (Å²) in [5.74, 6) is 0.548. The number of hydrogen-bond acceptors (Lipinski definition) is 4. The van der Waals surface area contributed by atoms with Crippen LogP contribution in [0.5, 0.6) is 0 Å². The Bertz CT molecular complexity index is 423. The summed E-state index contributed by atoms with van der Waals surface area (Å²) >= 11 is 6.17. The Hall–Kier alpha value is -1.33. The summed E-state index contributed by atoms with van der Waals surface area (Å²) < 4.78 is 5.47. The van der Waals surface area contributed by atoms with Crippen molar-refractivity contribution < 1.29 is 4.74 Å². The smallest absolute Gasteiger partial charge is 0.147 e. The van der Waals surface area contributed by atoms with Crippen molar-refractivity contribution in [2.75, 3.05) is 25.1 Å². The first-order valence-electron chi connectivity index (χ1n) is 5.75. The fraction of sp³-hybridized carbons (Fsp3) is 0.500. The summed E-state index contributed by atoms with van der Waals surface area (Å²) in [5.41, 5.74) is 5.95. The van der Waals surface area contributed by atoms with Crippen molar-refractivity contribution >= 4 is 23.3 Å². The SMILES string of the molecule is CC(C)OCCN(C)c1nccc(C(=N)N)c1Cl. The summed E-state index contributed by atoms with van der Waals surface area (Å²) in [7, 11) is 1.88. The summed E-state index contributed by atoms with van der Waals surface area (Å²) in [4.78, 5) is 6.09. The molecule has 0 saturated carbocycles. The summed E-state index contributed by atoms with van der Waals surface area (Å²) in [6.07, 6.45) is 1.79. The van der Waals surface area contributed by atoms with Crippen molar-refractivity contribution in [2.45, 2.75) is 20.0 Å². The van der Waals surface area contributed by atoms with Crippen LogP contribution in [0.1, 0.15) is 19.4 Å². The highest BCUT2D eigenvalue weighted by atomic mass is 35.5. The molecule has 6 heteroatoms. The molecule has 0 aromatic carbocycles. The number of nitrogens with two attached hydrogens (primary N) is 1. The van der Waals surface area contributed by atoms with Crippen molar-refractivity contribution in [3.8, 4) is 0 Å². The number of pyridine rings is 1. The number of nitrogen functional groups attached to an aromatic ring is 1. The normalized spacial score (nSPS) is 10.7. The maximum absolute atomic E-state index is 7.43. The fourth-order valence-electron chi connectivity index (χ4n) is 1.44. The first-order valence-corrected chi connectivity index (χ1v) is 6.13. The van der Waals surface area contributed by atoms with Gasteiger partial charge in [0.05, 0.1) is 17.7 Å². The average molecular weight is 271 g/mol. The van der Waals surface area contributed by atoms with Crippen LogP contribution in [-0.2, 0) is 4.74 Å². The van der Waals surface area contributed by atoms with E-state index in [0.29, 0.717) is 29.6 Å². The number of likely N-dealkylation sites (N-methyl/N-ethyl adjacent to an activating group) is 1. The van der Waals surface area contributed by atoms with Gasteiger partial charge in [-0.15, -0.1) is 0 Å². The summed E-state index contributed by atoms with van der Waals surface area (Å²) in [5, 5.41) is 7.83. The van der Waals surface area contributed by atoms with Crippen LogP contribution in [0.25, 0.3) is 0 Å². The van der Waals surface area contributed by atoms with Crippen LogP contribution < -0.4 is 10.6 Å². The van der Waals surface area contributed by atoms with Gasteiger partial charge >= 0.3 is 0 Å². The van der Waals surface area contributed by atoms with Gasteiger partial charge < -0.3 is 15.4 Å². The van der Waals surface area contributed by atoms with Crippen molar-refractivity contribution in [1.82, 2.24) is 4.98 Å². The first kappa shape index (κ1) is 14.7. The molecule has 0 bridgehead atoms. The highest BCUT2D eigenvalue weighted by Gasteiger charge is 2.13. The van der Waals surface area contributed by atoms with E-state index in [0.717, 1.165) is 0 Å². The first-order chi connectivity index (χ1) is 8.43. The molecular formula is C12H19ClN4O. The number of amidine groups is 1. The van der Waals surface area contributed by atoms with Gasteiger partial charge in [-0.2, -0.15) is 0 Å². The monoisotopic (exact) mass is 270 g/mol. The maximum atomic E-state index is 7.43. The summed E-state index contributed by atoms with van der Waals surface area (Å²) in [6, 6.07) is 1.63. The Balaban J connectivity index is 2.76. The van der Waals surface area contributed by atoms with E-state index in [2.05, 4.69) is 4.98 Å². The minimum Gasteiger partial charge on any atom is -0.384 e. The number of hydrogen-bond donors (Lipinski definition) is 2. The van der Waals surface area contributed by atoms with Crippen molar-refractivity contribution in [2.24, 2.45) is 5.73 Å². The standard InChI is InChI=1S/C12H19ClN4O/c1-8(2)18-7-6-17(3)12-10(13)9(11(14)15)4-5-16-12/h4-5,8H,6-7H2,1-3H3,(H3,14,15). The minimum atomic E-state index is -0.0597. The van der Waals surface area contributed by atoms with Gasteiger partial charge in [0.25, 0.3) is 0 Å². The van der Waals surface area contributed by atoms with Gasteiger partial charge in [-0.25, -0.2) is 4.98 Å². The number of nitrogens with zero attached hydrogens (tertiary/aromatic N) is 2. The number of ether oxygens (including phenoxy) is 1. The topological polar surface area (TPSA) is 75.2 Å². The number of anilines is 1. The van der Waals surface area contributed by atoms with Gasteiger partial charge in [-0.05, 0) is 19.9 Å². The Morgan fingerprint density at radius 3 is 2.83 bits per heavy atom. The molecule has 3 N–H and O–H groups in total.